The monoisotopic (exact) mass is 385 g/mol. The van der Waals surface area contributed by atoms with Crippen LogP contribution in [0.2, 0.25) is 0 Å². The van der Waals surface area contributed by atoms with Crippen molar-refractivity contribution in [2.75, 3.05) is 0 Å². The van der Waals surface area contributed by atoms with E-state index in [1.54, 1.807) is 6.07 Å². The molecular formula is C23H22F3NO. The van der Waals surface area contributed by atoms with E-state index in [0.29, 0.717) is 16.7 Å². The van der Waals surface area contributed by atoms with E-state index in [4.69, 9.17) is 0 Å². The first kappa shape index (κ1) is 18.8. The van der Waals surface area contributed by atoms with Crippen LogP contribution in [-0.4, -0.2) is 11.8 Å². The van der Waals surface area contributed by atoms with Crippen LogP contribution in [-0.2, 0) is 6.18 Å². The van der Waals surface area contributed by atoms with E-state index in [2.05, 4.69) is 5.32 Å². The third-order valence-corrected chi connectivity index (χ3v) is 5.62. The molecular weight excluding hydrogens is 363 g/mol. The van der Waals surface area contributed by atoms with Crippen LogP contribution in [0, 0.1) is 0 Å². The second-order valence-corrected chi connectivity index (χ2v) is 7.53. The average molecular weight is 385 g/mol. The van der Waals surface area contributed by atoms with Crippen LogP contribution in [0.15, 0.2) is 48.5 Å². The molecule has 2 nitrogen and oxygen atoms in total. The van der Waals surface area contributed by atoms with Crippen LogP contribution in [0.25, 0.3) is 11.3 Å². The Morgan fingerprint density at radius 3 is 2.04 bits per heavy atom. The molecule has 2 aromatic carbocycles. The van der Waals surface area contributed by atoms with Crippen molar-refractivity contribution in [2.24, 2.45) is 0 Å². The van der Waals surface area contributed by atoms with Gasteiger partial charge in [-0.1, -0.05) is 62.1 Å². The van der Waals surface area contributed by atoms with E-state index in [0.717, 1.165) is 49.1 Å². The van der Waals surface area contributed by atoms with Gasteiger partial charge >= 0.3 is 6.18 Å². The lowest BCUT2D eigenvalue weighted by molar-refractivity contribution is -0.137. The number of alkyl halides is 3. The Kier molecular flexibility index (Phi) is 5.00. The number of carbonyl (C=O) groups excluding carboxylic acids is 1. The van der Waals surface area contributed by atoms with Crippen LogP contribution in [0.4, 0.5) is 13.2 Å². The van der Waals surface area contributed by atoms with Gasteiger partial charge in [-0.05, 0) is 30.5 Å². The van der Waals surface area contributed by atoms with Gasteiger partial charge in [0.2, 0.25) is 0 Å². The van der Waals surface area contributed by atoms with Gasteiger partial charge < -0.3 is 5.32 Å². The maximum absolute atomic E-state index is 13.1. The third kappa shape index (κ3) is 3.58. The van der Waals surface area contributed by atoms with E-state index in [9.17, 15) is 18.0 Å². The maximum Gasteiger partial charge on any atom is 0.416 e. The lowest BCUT2D eigenvalue weighted by Gasteiger charge is -2.20. The molecule has 0 aliphatic heterocycles. The zero-order valence-electron chi connectivity index (χ0n) is 15.5. The summed E-state index contributed by atoms with van der Waals surface area (Å²) in [4.78, 5) is 13.1. The Hall–Kier alpha value is -2.56. The second-order valence-electron chi connectivity index (χ2n) is 7.53. The first-order valence-electron chi connectivity index (χ1n) is 9.77. The Labute approximate surface area is 162 Å². The van der Waals surface area contributed by atoms with Gasteiger partial charge in [0, 0.05) is 17.2 Å². The van der Waals surface area contributed by atoms with Crippen molar-refractivity contribution in [3.8, 4) is 0 Å². The largest absolute Gasteiger partial charge is 0.416 e. The van der Waals surface area contributed by atoms with E-state index < -0.39 is 11.7 Å². The highest BCUT2D eigenvalue weighted by molar-refractivity contribution is 6.39. The highest BCUT2D eigenvalue weighted by Gasteiger charge is 2.33. The molecule has 1 N–H and O–H groups in total. The van der Waals surface area contributed by atoms with E-state index in [-0.39, 0.29) is 11.8 Å². The molecule has 1 fully saturated rings. The quantitative estimate of drug-likeness (QED) is 0.649. The van der Waals surface area contributed by atoms with Crippen molar-refractivity contribution >= 4 is 17.1 Å². The molecule has 0 spiro atoms. The summed E-state index contributed by atoms with van der Waals surface area (Å²) in [5.41, 5.74) is 2.48. The van der Waals surface area contributed by atoms with Gasteiger partial charge in [0.05, 0.1) is 16.8 Å². The van der Waals surface area contributed by atoms with E-state index in [1.807, 2.05) is 18.2 Å². The SMILES string of the molecule is O=C1C(c2ccc(C(F)(F)F)cc2)=C(NC2CCCCCC2)c2ccccc21. The first-order chi connectivity index (χ1) is 13.4. The lowest BCUT2D eigenvalue weighted by Crippen LogP contribution is -2.27. The highest BCUT2D eigenvalue weighted by Crippen LogP contribution is 2.39. The van der Waals surface area contributed by atoms with Gasteiger partial charge in [0.25, 0.3) is 0 Å². The van der Waals surface area contributed by atoms with E-state index >= 15 is 0 Å². The highest BCUT2D eigenvalue weighted by atomic mass is 19.4. The standard InChI is InChI=1S/C23H22F3NO/c24-23(25,26)16-13-11-15(12-14-16)20-21(27-17-7-3-1-2-4-8-17)18-9-5-6-10-19(18)22(20)28/h5-6,9-14,17,27H,1-4,7-8H2. The fourth-order valence-corrected chi connectivity index (χ4v) is 4.16. The Bertz CT molecular complexity index is 904. The number of Topliss-reactive ketones (excluding diaryl/α,β-unsaturated/α-hetero) is 1. The normalized spacial score (nSPS) is 18.2. The Balaban J connectivity index is 1.75. The van der Waals surface area contributed by atoms with Crippen molar-refractivity contribution in [3.05, 3.63) is 70.8 Å². The van der Waals surface area contributed by atoms with Crippen molar-refractivity contribution in [3.63, 3.8) is 0 Å². The van der Waals surface area contributed by atoms with Crippen molar-refractivity contribution in [2.45, 2.75) is 50.7 Å². The minimum absolute atomic E-state index is 0.133. The second kappa shape index (κ2) is 7.46. The fourth-order valence-electron chi connectivity index (χ4n) is 4.16. The molecule has 0 saturated heterocycles. The van der Waals surface area contributed by atoms with Gasteiger partial charge in [-0.3, -0.25) is 4.79 Å². The smallest absolute Gasteiger partial charge is 0.381 e. The number of nitrogens with one attached hydrogen (secondary N) is 1. The molecule has 0 bridgehead atoms. The molecule has 1 saturated carbocycles. The van der Waals surface area contributed by atoms with Crippen LogP contribution < -0.4 is 5.32 Å². The number of carbonyl (C=O) groups is 1. The number of fused-ring (bicyclic) bond motifs is 1. The molecule has 2 aliphatic carbocycles. The van der Waals surface area contributed by atoms with Crippen LogP contribution in [0.5, 0.6) is 0 Å². The number of hydrogen-bond acceptors (Lipinski definition) is 2. The number of rotatable bonds is 3. The number of halogens is 3. The molecule has 5 heteroatoms. The van der Waals surface area contributed by atoms with Crippen molar-refractivity contribution in [1.82, 2.24) is 5.32 Å². The van der Waals surface area contributed by atoms with E-state index in [1.165, 1.54) is 25.0 Å². The van der Waals surface area contributed by atoms with Gasteiger partial charge in [-0.2, -0.15) is 13.2 Å². The van der Waals surface area contributed by atoms with Crippen molar-refractivity contribution < 1.29 is 18.0 Å². The van der Waals surface area contributed by atoms with Gasteiger partial charge in [0.15, 0.2) is 5.78 Å². The molecule has 0 atom stereocenters. The van der Waals surface area contributed by atoms with Crippen LogP contribution in [0.1, 0.15) is 65.6 Å². The number of benzene rings is 2. The summed E-state index contributed by atoms with van der Waals surface area (Å²) in [7, 11) is 0. The molecule has 0 unspecified atom stereocenters. The molecule has 146 valence electrons. The molecule has 2 aromatic rings. The molecule has 0 amide bonds. The minimum atomic E-state index is -4.39. The molecule has 28 heavy (non-hydrogen) atoms. The zero-order valence-corrected chi connectivity index (χ0v) is 15.5. The zero-order chi connectivity index (χ0) is 19.7. The number of allylic oxidation sites excluding steroid dienone is 1. The molecule has 0 heterocycles. The van der Waals surface area contributed by atoms with Gasteiger partial charge in [-0.25, -0.2) is 0 Å². The lowest BCUT2D eigenvalue weighted by atomic mass is 9.99. The molecule has 0 aromatic heterocycles. The summed E-state index contributed by atoms with van der Waals surface area (Å²) in [5, 5.41) is 3.57. The average Bonchev–Trinajstić information content (AvgIpc) is 2.83. The molecule has 2 aliphatic rings. The van der Waals surface area contributed by atoms with Gasteiger partial charge in [0.1, 0.15) is 0 Å². The van der Waals surface area contributed by atoms with Crippen LogP contribution in [0.3, 0.4) is 0 Å². The topological polar surface area (TPSA) is 29.1 Å². The molecule has 4 rings (SSSR count). The maximum atomic E-state index is 13.1. The van der Waals surface area contributed by atoms with Crippen molar-refractivity contribution in [1.29, 1.82) is 0 Å². The summed E-state index contributed by atoms with van der Waals surface area (Å²) in [6.45, 7) is 0. The fraction of sp³-hybridized carbons (Fsp3) is 0.348. The summed E-state index contributed by atoms with van der Waals surface area (Å²) >= 11 is 0. The summed E-state index contributed by atoms with van der Waals surface area (Å²) in [5.74, 6) is -0.133. The Morgan fingerprint density at radius 1 is 0.821 bits per heavy atom. The van der Waals surface area contributed by atoms with Crippen LogP contribution >= 0.6 is 0 Å². The molecule has 0 radical (unpaired) electrons. The summed E-state index contributed by atoms with van der Waals surface area (Å²) < 4.78 is 38.8. The number of hydrogen-bond donors (Lipinski definition) is 1. The predicted octanol–water partition coefficient (Wildman–Crippen LogP) is 6.08. The predicted molar refractivity (Wildman–Crippen MR) is 104 cm³/mol. The summed E-state index contributed by atoms with van der Waals surface area (Å²) in [6, 6.07) is 12.6. The van der Waals surface area contributed by atoms with Gasteiger partial charge in [-0.15, -0.1) is 0 Å². The Morgan fingerprint density at radius 2 is 1.43 bits per heavy atom. The third-order valence-electron chi connectivity index (χ3n) is 5.62. The number of ketones is 1. The first-order valence-corrected chi connectivity index (χ1v) is 9.77. The minimum Gasteiger partial charge on any atom is -0.381 e. The summed E-state index contributed by atoms with van der Waals surface area (Å²) in [6.07, 6.45) is 2.43.